The standard InChI is InChI=1S/C11H14BrNO/c1-7-2-3-9(14)10(11(7)12)8-4-5-13-6-8/h2-3,8,13-14H,4-6H2,1H3. The molecule has 1 aromatic rings. The number of phenolic OH excluding ortho intramolecular Hbond substituents is 1. The summed E-state index contributed by atoms with van der Waals surface area (Å²) in [6.45, 7) is 4.06. The first-order chi connectivity index (χ1) is 6.70. The molecule has 0 radical (unpaired) electrons. The normalized spacial score (nSPS) is 21.4. The highest BCUT2D eigenvalue weighted by molar-refractivity contribution is 9.10. The first-order valence-corrected chi connectivity index (χ1v) is 5.68. The van der Waals surface area contributed by atoms with E-state index >= 15 is 0 Å². The summed E-state index contributed by atoms with van der Waals surface area (Å²) in [5.74, 6) is 0.862. The van der Waals surface area contributed by atoms with E-state index in [1.807, 2.05) is 6.07 Å². The van der Waals surface area contributed by atoms with Crippen molar-refractivity contribution >= 4 is 15.9 Å². The molecule has 0 spiro atoms. The number of phenols is 1. The summed E-state index contributed by atoms with van der Waals surface area (Å²) < 4.78 is 1.06. The lowest BCUT2D eigenvalue weighted by Gasteiger charge is -2.14. The molecule has 0 aliphatic carbocycles. The molecule has 1 fully saturated rings. The SMILES string of the molecule is Cc1ccc(O)c(C2CCNC2)c1Br. The summed E-state index contributed by atoms with van der Waals surface area (Å²) in [6, 6.07) is 3.72. The molecule has 2 rings (SSSR count). The minimum absolute atomic E-state index is 0.413. The molecule has 0 amide bonds. The van der Waals surface area contributed by atoms with Crippen molar-refractivity contribution in [3.05, 3.63) is 27.7 Å². The van der Waals surface area contributed by atoms with Gasteiger partial charge in [0.15, 0.2) is 0 Å². The fourth-order valence-corrected chi connectivity index (χ4v) is 2.64. The van der Waals surface area contributed by atoms with E-state index in [-0.39, 0.29) is 0 Å². The van der Waals surface area contributed by atoms with Crippen molar-refractivity contribution in [1.82, 2.24) is 5.32 Å². The molecule has 1 saturated heterocycles. The van der Waals surface area contributed by atoms with E-state index in [4.69, 9.17) is 0 Å². The van der Waals surface area contributed by atoms with Gasteiger partial charge in [0.25, 0.3) is 0 Å². The van der Waals surface area contributed by atoms with Crippen LogP contribution in [0.25, 0.3) is 0 Å². The molecule has 1 aromatic carbocycles. The Kier molecular flexibility index (Phi) is 2.79. The Morgan fingerprint density at radius 3 is 2.93 bits per heavy atom. The molecule has 2 N–H and O–H groups in total. The summed E-state index contributed by atoms with van der Waals surface area (Å²) in [5, 5.41) is 13.1. The number of rotatable bonds is 1. The van der Waals surface area contributed by atoms with Gasteiger partial charge in [-0.15, -0.1) is 0 Å². The number of aromatic hydroxyl groups is 1. The molecule has 1 aliphatic heterocycles. The minimum atomic E-state index is 0.413. The largest absolute Gasteiger partial charge is 0.508 e. The quantitative estimate of drug-likeness (QED) is 0.809. The van der Waals surface area contributed by atoms with Crippen LogP contribution in [0.15, 0.2) is 16.6 Å². The van der Waals surface area contributed by atoms with E-state index in [1.54, 1.807) is 6.07 Å². The van der Waals surface area contributed by atoms with Crippen LogP contribution in [0.4, 0.5) is 0 Å². The lowest BCUT2D eigenvalue weighted by atomic mass is 9.96. The fraction of sp³-hybridized carbons (Fsp3) is 0.455. The van der Waals surface area contributed by atoms with Gasteiger partial charge in [0.2, 0.25) is 0 Å². The van der Waals surface area contributed by atoms with Crippen LogP contribution in [0.3, 0.4) is 0 Å². The molecule has 14 heavy (non-hydrogen) atoms. The third-order valence-corrected chi connectivity index (χ3v) is 3.87. The zero-order chi connectivity index (χ0) is 10.1. The summed E-state index contributed by atoms with van der Waals surface area (Å²) in [4.78, 5) is 0. The van der Waals surface area contributed by atoms with Gasteiger partial charge in [0.05, 0.1) is 0 Å². The highest BCUT2D eigenvalue weighted by atomic mass is 79.9. The Balaban J connectivity index is 2.44. The second-order valence-corrected chi connectivity index (χ2v) is 4.61. The zero-order valence-electron chi connectivity index (χ0n) is 8.18. The van der Waals surface area contributed by atoms with E-state index in [9.17, 15) is 5.11 Å². The van der Waals surface area contributed by atoms with Gasteiger partial charge in [0, 0.05) is 22.5 Å². The summed E-state index contributed by atoms with van der Waals surface area (Å²) >= 11 is 3.55. The molecule has 1 aliphatic rings. The van der Waals surface area contributed by atoms with Gasteiger partial charge >= 0.3 is 0 Å². The number of benzene rings is 1. The average Bonchev–Trinajstić information content (AvgIpc) is 2.65. The molecule has 1 unspecified atom stereocenters. The Hall–Kier alpha value is -0.540. The monoisotopic (exact) mass is 255 g/mol. The second-order valence-electron chi connectivity index (χ2n) is 3.82. The maximum Gasteiger partial charge on any atom is 0.120 e. The van der Waals surface area contributed by atoms with Gasteiger partial charge in [-0.1, -0.05) is 22.0 Å². The molecule has 0 bridgehead atoms. The van der Waals surface area contributed by atoms with Gasteiger partial charge in [-0.3, -0.25) is 0 Å². The fourth-order valence-electron chi connectivity index (χ4n) is 1.98. The first kappa shape index (κ1) is 9.99. The smallest absolute Gasteiger partial charge is 0.120 e. The maximum atomic E-state index is 9.82. The van der Waals surface area contributed by atoms with Gasteiger partial charge in [-0.25, -0.2) is 0 Å². The highest BCUT2D eigenvalue weighted by Gasteiger charge is 2.22. The van der Waals surface area contributed by atoms with E-state index in [0.717, 1.165) is 29.5 Å². The van der Waals surface area contributed by atoms with E-state index in [0.29, 0.717) is 11.7 Å². The van der Waals surface area contributed by atoms with Crippen LogP contribution in [-0.4, -0.2) is 18.2 Å². The van der Waals surface area contributed by atoms with E-state index in [1.165, 1.54) is 5.56 Å². The summed E-state index contributed by atoms with van der Waals surface area (Å²) in [6.07, 6.45) is 1.11. The Morgan fingerprint density at radius 1 is 1.50 bits per heavy atom. The number of halogens is 1. The van der Waals surface area contributed by atoms with Crippen molar-refractivity contribution < 1.29 is 5.11 Å². The number of nitrogens with one attached hydrogen (secondary N) is 1. The van der Waals surface area contributed by atoms with Crippen LogP contribution in [0.5, 0.6) is 5.75 Å². The summed E-state index contributed by atoms with van der Waals surface area (Å²) in [7, 11) is 0. The Labute approximate surface area is 92.5 Å². The van der Waals surface area contributed by atoms with Crippen molar-refractivity contribution in [2.24, 2.45) is 0 Å². The lowest BCUT2D eigenvalue weighted by molar-refractivity contribution is 0.461. The molecule has 0 aromatic heterocycles. The molecule has 3 heteroatoms. The zero-order valence-corrected chi connectivity index (χ0v) is 9.76. The van der Waals surface area contributed by atoms with Crippen LogP contribution < -0.4 is 5.32 Å². The third kappa shape index (κ3) is 1.66. The van der Waals surface area contributed by atoms with E-state index < -0.39 is 0 Å². The third-order valence-electron chi connectivity index (χ3n) is 2.82. The summed E-state index contributed by atoms with van der Waals surface area (Å²) in [5.41, 5.74) is 2.25. The van der Waals surface area contributed by atoms with Crippen molar-refractivity contribution in [3.63, 3.8) is 0 Å². The van der Waals surface area contributed by atoms with Crippen LogP contribution in [0, 0.1) is 6.92 Å². The topological polar surface area (TPSA) is 32.3 Å². The Morgan fingerprint density at radius 2 is 2.29 bits per heavy atom. The van der Waals surface area contributed by atoms with Crippen molar-refractivity contribution in [2.75, 3.05) is 13.1 Å². The molecular formula is C11H14BrNO. The van der Waals surface area contributed by atoms with Crippen molar-refractivity contribution in [2.45, 2.75) is 19.3 Å². The predicted octanol–water partition coefficient (Wildman–Crippen LogP) is 2.54. The van der Waals surface area contributed by atoms with E-state index in [2.05, 4.69) is 28.2 Å². The van der Waals surface area contributed by atoms with Crippen LogP contribution in [0.2, 0.25) is 0 Å². The maximum absolute atomic E-state index is 9.82. The highest BCUT2D eigenvalue weighted by Crippen LogP contribution is 2.37. The molecule has 1 heterocycles. The van der Waals surface area contributed by atoms with Gasteiger partial charge in [-0.2, -0.15) is 0 Å². The number of hydrogen-bond acceptors (Lipinski definition) is 2. The first-order valence-electron chi connectivity index (χ1n) is 4.89. The lowest BCUT2D eigenvalue weighted by Crippen LogP contribution is -2.08. The molecule has 76 valence electrons. The molecular weight excluding hydrogens is 242 g/mol. The van der Waals surface area contributed by atoms with Gasteiger partial charge in [0.1, 0.15) is 5.75 Å². The Bertz CT molecular complexity index is 345. The average molecular weight is 256 g/mol. The molecule has 2 nitrogen and oxygen atoms in total. The van der Waals surface area contributed by atoms with Crippen molar-refractivity contribution in [1.29, 1.82) is 0 Å². The number of aryl methyl sites for hydroxylation is 1. The van der Waals surface area contributed by atoms with Gasteiger partial charge < -0.3 is 10.4 Å². The van der Waals surface area contributed by atoms with Crippen LogP contribution in [0.1, 0.15) is 23.5 Å². The van der Waals surface area contributed by atoms with Crippen LogP contribution in [-0.2, 0) is 0 Å². The van der Waals surface area contributed by atoms with Crippen LogP contribution >= 0.6 is 15.9 Å². The van der Waals surface area contributed by atoms with Gasteiger partial charge in [-0.05, 0) is 31.5 Å². The molecule has 1 atom stereocenters. The second kappa shape index (κ2) is 3.91. The minimum Gasteiger partial charge on any atom is -0.508 e. The number of hydrogen-bond donors (Lipinski definition) is 2. The molecule has 0 saturated carbocycles. The van der Waals surface area contributed by atoms with Crippen molar-refractivity contribution in [3.8, 4) is 5.75 Å². The predicted molar refractivity (Wildman–Crippen MR) is 60.8 cm³/mol.